The van der Waals surface area contributed by atoms with Gasteiger partial charge >= 0.3 is 0 Å². The number of benzene rings is 1. The summed E-state index contributed by atoms with van der Waals surface area (Å²) >= 11 is 12.6. The highest BCUT2D eigenvalue weighted by Crippen LogP contribution is 2.48. The van der Waals surface area contributed by atoms with Crippen LogP contribution in [0.2, 0.25) is 10.0 Å². The second kappa shape index (κ2) is 7.25. The summed E-state index contributed by atoms with van der Waals surface area (Å²) in [5.41, 5.74) is 0.811. The summed E-state index contributed by atoms with van der Waals surface area (Å²) in [6.45, 7) is 5.34. The molecular weight excluding hydrogens is 427 g/mol. The molecule has 30 heavy (non-hydrogen) atoms. The maximum atomic E-state index is 13.4. The normalized spacial score (nSPS) is 20.2. The van der Waals surface area contributed by atoms with Gasteiger partial charge in [0.25, 0.3) is 5.56 Å². The van der Waals surface area contributed by atoms with Crippen LogP contribution in [-0.2, 0) is 9.59 Å². The summed E-state index contributed by atoms with van der Waals surface area (Å²) in [6, 6.07) is 4.00. The number of amides is 1. The number of H-pyrrole nitrogens is 1. The molecule has 1 aromatic heterocycles. The standard InChI is InChI=1S/C21H20Cl2N4O3/c1-10(28)27-17(12-5-4-11(22)6-13(12)23)16-14(7-21(2,3)8-15(16)29)26-19-18(27)20(30)25-9-24-19/h4-6,9,17H,7-8H2,1-3H3,(H2,24,25,26,30). The van der Waals surface area contributed by atoms with E-state index < -0.39 is 17.5 Å². The van der Waals surface area contributed by atoms with E-state index in [1.54, 1.807) is 18.2 Å². The zero-order chi connectivity index (χ0) is 21.8. The lowest BCUT2D eigenvalue weighted by molar-refractivity contribution is -0.118. The first-order chi connectivity index (χ1) is 14.1. The van der Waals surface area contributed by atoms with Gasteiger partial charge in [-0.1, -0.05) is 43.1 Å². The number of ketones is 1. The minimum atomic E-state index is -0.884. The number of Topliss-reactive ketones (excluding diaryl/α,β-unsaturated/α-hetero) is 1. The van der Waals surface area contributed by atoms with E-state index in [1.807, 2.05) is 13.8 Å². The molecule has 2 aromatic rings. The lowest BCUT2D eigenvalue weighted by atomic mass is 9.73. The van der Waals surface area contributed by atoms with Crippen LogP contribution in [0.25, 0.3) is 0 Å². The zero-order valence-corrected chi connectivity index (χ0v) is 18.2. The molecule has 2 heterocycles. The van der Waals surface area contributed by atoms with E-state index >= 15 is 0 Å². The van der Waals surface area contributed by atoms with Gasteiger partial charge in [-0.15, -0.1) is 0 Å². The van der Waals surface area contributed by atoms with Crippen LogP contribution in [0, 0.1) is 5.41 Å². The van der Waals surface area contributed by atoms with Crippen molar-refractivity contribution in [3.63, 3.8) is 0 Å². The first-order valence-corrected chi connectivity index (χ1v) is 10.2. The topological polar surface area (TPSA) is 95.2 Å². The average Bonchev–Trinajstić information content (AvgIpc) is 2.75. The van der Waals surface area contributed by atoms with Crippen LogP contribution in [0.4, 0.5) is 11.5 Å². The van der Waals surface area contributed by atoms with E-state index in [2.05, 4.69) is 15.3 Å². The van der Waals surface area contributed by atoms with Crippen LogP contribution in [0.15, 0.2) is 40.6 Å². The Kier molecular flexibility index (Phi) is 4.98. The Bertz CT molecular complexity index is 1170. The molecule has 0 saturated carbocycles. The van der Waals surface area contributed by atoms with Crippen molar-refractivity contribution in [1.29, 1.82) is 0 Å². The van der Waals surface area contributed by atoms with Crippen molar-refractivity contribution >= 4 is 46.4 Å². The number of hydrogen-bond donors (Lipinski definition) is 2. The van der Waals surface area contributed by atoms with Crippen molar-refractivity contribution in [3.05, 3.63) is 61.8 Å². The third kappa shape index (κ3) is 3.42. The first kappa shape index (κ1) is 20.6. The number of nitrogens with one attached hydrogen (secondary N) is 2. The van der Waals surface area contributed by atoms with E-state index in [4.69, 9.17) is 23.2 Å². The predicted octanol–water partition coefficient (Wildman–Crippen LogP) is 4.24. The second-order valence-electron chi connectivity index (χ2n) is 8.34. The summed E-state index contributed by atoms with van der Waals surface area (Å²) in [7, 11) is 0. The quantitative estimate of drug-likeness (QED) is 0.682. The van der Waals surface area contributed by atoms with Crippen LogP contribution in [0.3, 0.4) is 0 Å². The number of nitrogens with zero attached hydrogens (tertiary/aromatic N) is 2. The number of fused-ring (bicyclic) bond motifs is 1. The highest BCUT2D eigenvalue weighted by atomic mass is 35.5. The molecule has 0 bridgehead atoms. The molecule has 0 saturated heterocycles. The summed E-state index contributed by atoms with van der Waals surface area (Å²) < 4.78 is 0. The molecule has 4 rings (SSSR count). The number of aromatic amines is 1. The van der Waals surface area contributed by atoms with Crippen molar-refractivity contribution in [2.45, 2.75) is 39.7 Å². The minimum absolute atomic E-state index is 0.0426. The minimum Gasteiger partial charge on any atom is -0.341 e. The monoisotopic (exact) mass is 446 g/mol. The Balaban J connectivity index is 2.08. The van der Waals surface area contributed by atoms with Crippen LogP contribution in [0.5, 0.6) is 0 Å². The fourth-order valence-corrected chi connectivity index (χ4v) is 4.74. The zero-order valence-electron chi connectivity index (χ0n) is 16.7. The number of anilines is 2. The van der Waals surface area contributed by atoms with Gasteiger partial charge in [0.1, 0.15) is 0 Å². The van der Waals surface area contributed by atoms with Crippen molar-refractivity contribution in [1.82, 2.24) is 9.97 Å². The number of carbonyl (C=O) groups is 2. The molecule has 0 radical (unpaired) electrons. The van der Waals surface area contributed by atoms with Gasteiger partial charge in [0.15, 0.2) is 17.3 Å². The molecule has 1 aliphatic heterocycles. The molecule has 1 atom stereocenters. The van der Waals surface area contributed by atoms with Gasteiger partial charge in [-0.2, -0.15) is 0 Å². The predicted molar refractivity (Wildman–Crippen MR) is 116 cm³/mol. The first-order valence-electron chi connectivity index (χ1n) is 9.45. The highest BCUT2D eigenvalue weighted by Gasteiger charge is 2.44. The van der Waals surface area contributed by atoms with E-state index in [9.17, 15) is 14.4 Å². The summed E-state index contributed by atoms with van der Waals surface area (Å²) in [5, 5.41) is 3.89. The molecule has 1 unspecified atom stereocenters. The maximum absolute atomic E-state index is 13.4. The molecule has 7 nitrogen and oxygen atoms in total. The highest BCUT2D eigenvalue weighted by molar-refractivity contribution is 6.35. The number of aromatic nitrogens is 2. The third-order valence-corrected chi connectivity index (χ3v) is 5.95. The van der Waals surface area contributed by atoms with Gasteiger partial charge in [-0.25, -0.2) is 4.98 Å². The van der Waals surface area contributed by atoms with Crippen molar-refractivity contribution in [2.75, 3.05) is 10.2 Å². The molecular formula is C21H20Cl2N4O3. The molecule has 1 amide bonds. The Morgan fingerprint density at radius 2 is 1.97 bits per heavy atom. The van der Waals surface area contributed by atoms with Crippen LogP contribution in [0.1, 0.15) is 45.2 Å². The van der Waals surface area contributed by atoms with E-state index in [1.165, 1.54) is 18.2 Å². The van der Waals surface area contributed by atoms with Crippen LogP contribution >= 0.6 is 23.2 Å². The summed E-state index contributed by atoms with van der Waals surface area (Å²) in [4.78, 5) is 47.0. The number of hydrogen-bond acceptors (Lipinski definition) is 5. The van der Waals surface area contributed by atoms with Crippen LogP contribution in [-0.4, -0.2) is 21.7 Å². The van der Waals surface area contributed by atoms with Crippen molar-refractivity contribution < 1.29 is 9.59 Å². The fraction of sp³-hybridized carbons (Fsp3) is 0.333. The number of allylic oxidation sites excluding steroid dienone is 1. The van der Waals surface area contributed by atoms with Gasteiger partial charge in [-0.05, 0) is 29.5 Å². The molecule has 0 fully saturated rings. The Hall–Kier alpha value is -2.64. The SMILES string of the molecule is CC(=O)N1c2c(nc[nH]c2=O)NC2=C(C(=O)CC(C)(C)C2)C1c1ccc(Cl)cc1Cl. The second-order valence-corrected chi connectivity index (χ2v) is 9.19. The Morgan fingerprint density at radius 3 is 2.63 bits per heavy atom. The van der Waals surface area contributed by atoms with E-state index in [0.29, 0.717) is 39.7 Å². The molecule has 2 aliphatic rings. The van der Waals surface area contributed by atoms with Crippen molar-refractivity contribution in [3.8, 4) is 0 Å². The van der Waals surface area contributed by atoms with Crippen LogP contribution < -0.4 is 15.8 Å². The molecule has 0 spiro atoms. The lowest BCUT2D eigenvalue weighted by Crippen LogP contribution is -2.40. The smallest absolute Gasteiger partial charge is 0.276 e. The van der Waals surface area contributed by atoms with Gasteiger partial charge in [0, 0.05) is 34.7 Å². The molecule has 9 heteroatoms. The van der Waals surface area contributed by atoms with Gasteiger partial charge in [0.2, 0.25) is 5.91 Å². The number of rotatable bonds is 1. The molecule has 156 valence electrons. The van der Waals surface area contributed by atoms with E-state index in [0.717, 1.165) is 0 Å². The maximum Gasteiger partial charge on any atom is 0.276 e. The summed E-state index contributed by atoms with van der Waals surface area (Å²) in [5.74, 6) is -0.307. The number of carbonyl (C=O) groups excluding carboxylic acids is 2. The molecule has 2 N–H and O–H groups in total. The van der Waals surface area contributed by atoms with Crippen molar-refractivity contribution in [2.24, 2.45) is 5.41 Å². The van der Waals surface area contributed by atoms with E-state index in [-0.39, 0.29) is 22.7 Å². The largest absolute Gasteiger partial charge is 0.341 e. The van der Waals surface area contributed by atoms with Gasteiger partial charge in [-0.3, -0.25) is 19.3 Å². The molecule has 1 aliphatic carbocycles. The average molecular weight is 447 g/mol. The Morgan fingerprint density at radius 1 is 1.23 bits per heavy atom. The number of halogens is 2. The van der Waals surface area contributed by atoms with Gasteiger partial charge < -0.3 is 10.3 Å². The Labute approximate surface area is 183 Å². The fourth-order valence-electron chi connectivity index (χ4n) is 4.23. The third-order valence-electron chi connectivity index (χ3n) is 5.39. The van der Waals surface area contributed by atoms with Gasteiger partial charge in [0.05, 0.1) is 12.4 Å². The molecule has 1 aromatic carbocycles. The summed E-state index contributed by atoms with van der Waals surface area (Å²) in [6.07, 6.45) is 2.12. The lowest BCUT2D eigenvalue weighted by Gasteiger charge is -2.36.